The Morgan fingerprint density at radius 2 is 2.23 bits per heavy atom. The molecular formula is C15H15FN4O5S. The lowest BCUT2D eigenvalue weighted by atomic mass is 10.1. The van der Waals surface area contributed by atoms with Gasteiger partial charge in [0.1, 0.15) is 18.0 Å². The van der Waals surface area contributed by atoms with Gasteiger partial charge in [-0.1, -0.05) is 0 Å². The van der Waals surface area contributed by atoms with E-state index in [0.29, 0.717) is 21.4 Å². The van der Waals surface area contributed by atoms with E-state index in [-0.39, 0.29) is 6.54 Å². The van der Waals surface area contributed by atoms with Crippen molar-refractivity contribution in [1.82, 2.24) is 9.71 Å². The first-order chi connectivity index (χ1) is 12.3. The number of methoxy groups -OCH3 is 1. The molecule has 1 aromatic carbocycles. The van der Waals surface area contributed by atoms with Crippen molar-refractivity contribution in [3.63, 3.8) is 0 Å². The molecule has 9 nitrogen and oxygen atoms in total. The van der Waals surface area contributed by atoms with E-state index in [2.05, 4.69) is 10.3 Å². The number of benzene rings is 1. The molecular weight excluding hydrogens is 367 g/mol. The van der Waals surface area contributed by atoms with Crippen molar-refractivity contribution in [3.05, 3.63) is 41.8 Å². The van der Waals surface area contributed by atoms with Crippen LogP contribution in [0.25, 0.3) is 0 Å². The van der Waals surface area contributed by atoms with Gasteiger partial charge in [0.15, 0.2) is 17.4 Å². The van der Waals surface area contributed by atoms with E-state index in [9.17, 15) is 22.7 Å². The summed E-state index contributed by atoms with van der Waals surface area (Å²) in [4.78, 5) is 15.4. The first-order valence-electron chi connectivity index (χ1n) is 7.39. The number of pyridine rings is 1. The number of amides is 1. The number of ether oxygens (including phenoxy) is 1. The van der Waals surface area contributed by atoms with Crippen LogP contribution in [0.3, 0.4) is 0 Å². The molecule has 2 aromatic rings. The lowest BCUT2D eigenvalue weighted by Crippen LogP contribution is -2.30. The quantitative estimate of drug-likeness (QED) is 0.697. The third-order valence-electron chi connectivity index (χ3n) is 3.62. The number of carbonyl (C=O) groups excluding carboxylic acids is 1. The number of phenols is 1. The molecule has 1 amide bonds. The highest BCUT2D eigenvalue weighted by Crippen LogP contribution is 2.34. The Bertz CT molecular complexity index is 943. The Balaban J connectivity index is 1.85. The smallest absolute Gasteiger partial charge is 0.326 e. The summed E-state index contributed by atoms with van der Waals surface area (Å²) in [7, 11) is -2.74. The molecule has 138 valence electrons. The maximum atomic E-state index is 14.4. The number of phenolic OH excluding ortho intramolecular Hbond substituents is 1. The van der Waals surface area contributed by atoms with Crippen LogP contribution in [0.5, 0.6) is 11.5 Å². The Kier molecular flexibility index (Phi) is 4.55. The van der Waals surface area contributed by atoms with Crippen molar-refractivity contribution in [2.45, 2.75) is 6.54 Å². The fourth-order valence-corrected chi connectivity index (χ4v) is 3.68. The van der Waals surface area contributed by atoms with E-state index in [1.54, 1.807) is 23.1 Å². The lowest BCUT2D eigenvalue weighted by molar-refractivity contribution is -0.117. The molecule has 26 heavy (non-hydrogen) atoms. The maximum absolute atomic E-state index is 14.4. The molecule has 0 spiro atoms. The maximum Gasteiger partial charge on any atom is 0.326 e. The molecule has 1 aliphatic heterocycles. The molecule has 1 fully saturated rings. The van der Waals surface area contributed by atoms with Crippen LogP contribution in [0.4, 0.5) is 15.9 Å². The highest BCUT2D eigenvalue weighted by atomic mass is 32.2. The first-order valence-corrected chi connectivity index (χ1v) is 8.83. The predicted octanol–water partition coefficient (Wildman–Crippen LogP) is 0.728. The van der Waals surface area contributed by atoms with Gasteiger partial charge in [-0.15, -0.1) is 0 Å². The molecule has 11 heteroatoms. The molecule has 0 saturated carbocycles. The normalized spacial score (nSPS) is 15.6. The number of rotatable bonds is 5. The molecule has 3 rings (SSSR count). The summed E-state index contributed by atoms with van der Waals surface area (Å²) < 4.78 is 45.4. The van der Waals surface area contributed by atoms with Crippen LogP contribution in [0.1, 0.15) is 5.56 Å². The van der Waals surface area contributed by atoms with Crippen LogP contribution in [-0.2, 0) is 21.5 Å². The summed E-state index contributed by atoms with van der Waals surface area (Å²) in [5.74, 6) is -1.47. The van der Waals surface area contributed by atoms with Gasteiger partial charge < -0.3 is 15.2 Å². The van der Waals surface area contributed by atoms with Gasteiger partial charge in [-0.25, -0.2) is 18.4 Å². The van der Waals surface area contributed by atoms with Crippen molar-refractivity contribution >= 4 is 27.6 Å². The average Bonchev–Trinajstić information content (AvgIpc) is 2.85. The zero-order valence-electron chi connectivity index (χ0n) is 13.6. The molecule has 3 N–H and O–H groups in total. The van der Waals surface area contributed by atoms with E-state index in [4.69, 9.17) is 4.74 Å². The van der Waals surface area contributed by atoms with Crippen LogP contribution in [0.2, 0.25) is 0 Å². The zero-order valence-corrected chi connectivity index (χ0v) is 14.4. The fraction of sp³-hybridized carbons (Fsp3) is 0.200. The minimum Gasteiger partial charge on any atom is -0.506 e. The molecule has 1 saturated heterocycles. The second-order valence-corrected chi connectivity index (χ2v) is 6.99. The molecule has 1 aliphatic rings. The summed E-state index contributed by atoms with van der Waals surface area (Å²) in [6.07, 6.45) is 1.55. The molecule has 0 bridgehead atoms. The van der Waals surface area contributed by atoms with Crippen LogP contribution in [0, 0.1) is 5.82 Å². The van der Waals surface area contributed by atoms with E-state index < -0.39 is 39.9 Å². The average molecular weight is 382 g/mol. The largest absolute Gasteiger partial charge is 0.506 e. The molecule has 0 radical (unpaired) electrons. The number of halogens is 1. The summed E-state index contributed by atoms with van der Waals surface area (Å²) in [6.45, 7) is -0.502. The number of nitrogens with zero attached hydrogens (tertiary/aromatic N) is 2. The van der Waals surface area contributed by atoms with Gasteiger partial charge in [-0.3, -0.25) is 4.79 Å². The third kappa shape index (κ3) is 3.33. The van der Waals surface area contributed by atoms with E-state index in [1.807, 2.05) is 0 Å². The van der Waals surface area contributed by atoms with Gasteiger partial charge in [0.25, 0.3) is 5.91 Å². The number of anilines is 2. The SMILES string of the molecule is COc1cccnc1NCc1cc(O)c(N2CC(=O)NS2(=O)=O)c(F)c1. The van der Waals surface area contributed by atoms with E-state index >= 15 is 0 Å². The Morgan fingerprint density at radius 3 is 2.85 bits per heavy atom. The van der Waals surface area contributed by atoms with Crippen molar-refractivity contribution in [2.75, 3.05) is 23.3 Å². The van der Waals surface area contributed by atoms with Crippen LogP contribution in [-0.4, -0.2) is 38.1 Å². The summed E-state index contributed by atoms with van der Waals surface area (Å²) in [6, 6.07) is 5.66. The van der Waals surface area contributed by atoms with Crippen LogP contribution >= 0.6 is 0 Å². The van der Waals surface area contributed by atoms with Gasteiger partial charge >= 0.3 is 10.2 Å². The number of hydrogen-bond donors (Lipinski definition) is 3. The highest BCUT2D eigenvalue weighted by molar-refractivity contribution is 7.92. The van der Waals surface area contributed by atoms with Gasteiger partial charge in [0, 0.05) is 12.7 Å². The van der Waals surface area contributed by atoms with E-state index in [1.165, 1.54) is 13.2 Å². The highest BCUT2D eigenvalue weighted by Gasteiger charge is 2.37. The van der Waals surface area contributed by atoms with Crippen molar-refractivity contribution in [2.24, 2.45) is 0 Å². The van der Waals surface area contributed by atoms with Crippen molar-refractivity contribution in [3.8, 4) is 11.5 Å². The number of carbonyl (C=O) groups is 1. The standard InChI is InChI=1S/C15H15FN4O5S/c1-25-12-3-2-4-17-15(12)18-7-9-5-10(16)14(11(21)6-9)20-8-13(22)19-26(20,23)24/h2-6,21H,7-8H2,1H3,(H,17,18)(H,19,22). The molecule has 0 aliphatic carbocycles. The minimum absolute atomic E-state index is 0.0993. The molecule has 2 heterocycles. The van der Waals surface area contributed by atoms with Gasteiger partial charge in [-0.05, 0) is 29.8 Å². The zero-order chi connectivity index (χ0) is 18.9. The minimum atomic E-state index is -4.22. The molecule has 0 unspecified atom stereocenters. The number of nitrogens with one attached hydrogen (secondary N) is 2. The van der Waals surface area contributed by atoms with Gasteiger partial charge in [0.05, 0.1) is 7.11 Å². The Hall–Kier alpha value is -3.08. The van der Waals surface area contributed by atoms with Crippen molar-refractivity contribution in [1.29, 1.82) is 0 Å². The molecule has 0 atom stereocenters. The lowest BCUT2D eigenvalue weighted by Gasteiger charge is -2.18. The number of hydrogen-bond acceptors (Lipinski definition) is 7. The van der Waals surface area contributed by atoms with Gasteiger partial charge in [-0.2, -0.15) is 8.42 Å². The first kappa shape index (κ1) is 17.7. The number of aromatic nitrogens is 1. The Labute approximate surface area is 148 Å². The van der Waals surface area contributed by atoms with E-state index in [0.717, 1.165) is 6.07 Å². The Morgan fingerprint density at radius 1 is 1.46 bits per heavy atom. The second-order valence-electron chi connectivity index (χ2n) is 5.39. The fourth-order valence-electron chi connectivity index (χ4n) is 2.51. The van der Waals surface area contributed by atoms with Crippen LogP contribution < -0.4 is 19.1 Å². The summed E-state index contributed by atoms with van der Waals surface area (Å²) in [5.41, 5.74) is -0.241. The van der Waals surface area contributed by atoms with Gasteiger partial charge in [0.2, 0.25) is 0 Å². The predicted molar refractivity (Wildman–Crippen MR) is 90.6 cm³/mol. The topological polar surface area (TPSA) is 121 Å². The summed E-state index contributed by atoms with van der Waals surface area (Å²) in [5, 5.41) is 13.0. The van der Waals surface area contributed by atoms with Crippen molar-refractivity contribution < 1.29 is 27.4 Å². The summed E-state index contributed by atoms with van der Waals surface area (Å²) >= 11 is 0. The van der Waals surface area contributed by atoms with Crippen LogP contribution in [0.15, 0.2) is 30.5 Å². The monoisotopic (exact) mass is 382 g/mol. The number of aromatic hydroxyl groups is 1. The third-order valence-corrected chi connectivity index (χ3v) is 5.00. The second kappa shape index (κ2) is 6.67. The molecule has 1 aromatic heterocycles.